The summed E-state index contributed by atoms with van der Waals surface area (Å²) in [5.41, 5.74) is 2.33. The zero-order valence-corrected chi connectivity index (χ0v) is 17.3. The van der Waals surface area contributed by atoms with Crippen LogP contribution in [-0.4, -0.2) is 47.3 Å². The van der Waals surface area contributed by atoms with E-state index in [0.29, 0.717) is 28.6 Å². The van der Waals surface area contributed by atoms with Crippen molar-refractivity contribution in [3.05, 3.63) is 59.7 Å². The second-order valence-electron chi connectivity index (χ2n) is 6.89. The molecule has 0 radical (unpaired) electrons. The predicted octanol–water partition coefficient (Wildman–Crippen LogP) is 3.51. The molecule has 6 nitrogen and oxygen atoms in total. The van der Waals surface area contributed by atoms with Gasteiger partial charge in [0, 0.05) is 29.8 Å². The van der Waals surface area contributed by atoms with E-state index in [0.717, 1.165) is 5.56 Å². The summed E-state index contributed by atoms with van der Waals surface area (Å²) in [5.74, 6) is 1.24. The third kappa shape index (κ3) is 5.38. The number of benzene rings is 2. The molecule has 7 heteroatoms. The lowest BCUT2D eigenvalue weighted by Crippen LogP contribution is -2.44. The minimum atomic E-state index is -0.538. The van der Waals surface area contributed by atoms with Crippen molar-refractivity contribution < 1.29 is 19.1 Å². The Balaban J connectivity index is 1.55. The van der Waals surface area contributed by atoms with Gasteiger partial charge in [0.25, 0.3) is 0 Å². The molecular formula is C22H24N2O4S. The molecule has 1 aliphatic heterocycles. The summed E-state index contributed by atoms with van der Waals surface area (Å²) in [5, 5.41) is 2.85. The standard InChI is InChI=1S/C22H24N2O4S/c1-15-3-5-16(6-4-15)20(25)11-12-21(26)24-14-29-13-19(24)22(27)23-17-7-9-18(28-2)10-8-17/h3-10,19H,11-14H2,1-2H3,(H,23,27). The van der Waals surface area contributed by atoms with Crippen molar-refractivity contribution in [3.8, 4) is 5.75 Å². The van der Waals surface area contributed by atoms with Crippen molar-refractivity contribution >= 4 is 35.0 Å². The third-order valence-electron chi connectivity index (χ3n) is 4.80. The average Bonchev–Trinajstić information content (AvgIpc) is 3.23. The van der Waals surface area contributed by atoms with Gasteiger partial charge in [-0.3, -0.25) is 14.4 Å². The van der Waals surface area contributed by atoms with E-state index < -0.39 is 6.04 Å². The highest BCUT2D eigenvalue weighted by Crippen LogP contribution is 2.24. The minimum absolute atomic E-state index is 0.0653. The second-order valence-corrected chi connectivity index (χ2v) is 7.89. The Kier molecular flexibility index (Phi) is 6.93. The number of amides is 2. The van der Waals surface area contributed by atoms with Crippen LogP contribution in [-0.2, 0) is 9.59 Å². The quantitative estimate of drug-likeness (QED) is 0.705. The number of nitrogens with zero attached hydrogens (tertiary/aromatic N) is 1. The number of thioether (sulfide) groups is 1. The lowest BCUT2D eigenvalue weighted by atomic mass is 10.0. The number of carbonyl (C=O) groups is 3. The molecule has 0 spiro atoms. The summed E-state index contributed by atoms with van der Waals surface area (Å²) in [6.45, 7) is 1.96. The molecule has 0 saturated carbocycles. The number of carbonyl (C=O) groups excluding carboxylic acids is 3. The number of methoxy groups -OCH3 is 1. The van der Waals surface area contributed by atoms with E-state index in [2.05, 4.69) is 5.32 Å². The van der Waals surface area contributed by atoms with Gasteiger partial charge in [-0.25, -0.2) is 0 Å². The number of ether oxygens (including phenoxy) is 1. The number of hydrogen-bond acceptors (Lipinski definition) is 5. The van der Waals surface area contributed by atoms with Crippen LogP contribution >= 0.6 is 11.8 Å². The molecule has 1 fully saturated rings. The van der Waals surface area contributed by atoms with Gasteiger partial charge >= 0.3 is 0 Å². The molecule has 1 N–H and O–H groups in total. The van der Waals surface area contributed by atoms with Crippen LogP contribution in [0.1, 0.15) is 28.8 Å². The number of ketones is 1. The van der Waals surface area contributed by atoms with E-state index in [4.69, 9.17) is 4.74 Å². The molecule has 2 aromatic rings. The smallest absolute Gasteiger partial charge is 0.248 e. The molecule has 2 aromatic carbocycles. The van der Waals surface area contributed by atoms with E-state index in [9.17, 15) is 14.4 Å². The first-order chi connectivity index (χ1) is 14.0. The maximum absolute atomic E-state index is 12.7. The number of hydrogen-bond donors (Lipinski definition) is 1. The molecule has 1 atom stereocenters. The maximum Gasteiger partial charge on any atom is 0.248 e. The highest BCUT2D eigenvalue weighted by Gasteiger charge is 2.34. The molecule has 3 rings (SSSR count). The molecule has 2 amide bonds. The molecule has 1 unspecified atom stereocenters. The topological polar surface area (TPSA) is 75.7 Å². The van der Waals surface area contributed by atoms with Gasteiger partial charge in [0.05, 0.1) is 13.0 Å². The van der Waals surface area contributed by atoms with Crippen molar-refractivity contribution in [2.75, 3.05) is 24.1 Å². The van der Waals surface area contributed by atoms with Crippen LogP contribution < -0.4 is 10.1 Å². The molecule has 1 saturated heterocycles. The van der Waals surface area contributed by atoms with E-state index in [1.165, 1.54) is 11.8 Å². The molecule has 29 heavy (non-hydrogen) atoms. The van der Waals surface area contributed by atoms with Crippen molar-refractivity contribution in [2.45, 2.75) is 25.8 Å². The molecule has 0 aliphatic carbocycles. The van der Waals surface area contributed by atoms with Crippen LogP contribution in [0.3, 0.4) is 0 Å². The van der Waals surface area contributed by atoms with Crippen LogP contribution in [0.25, 0.3) is 0 Å². The molecule has 1 heterocycles. The molecule has 152 valence electrons. The summed E-state index contributed by atoms with van der Waals surface area (Å²) in [7, 11) is 1.58. The summed E-state index contributed by atoms with van der Waals surface area (Å²) in [6, 6.07) is 13.8. The van der Waals surface area contributed by atoms with E-state index in [1.54, 1.807) is 48.4 Å². The Bertz CT molecular complexity index is 881. The van der Waals surface area contributed by atoms with Crippen LogP contribution in [0.15, 0.2) is 48.5 Å². The largest absolute Gasteiger partial charge is 0.497 e. The van der Waals surface area contributed by atoms with Crippen molar-refractivity contribution in [1.82, 2.24) is 4.90 Å². The van der Waals surface area contributed by atoms with Gasteiger partial charge in [-0.1, -0.05) is 29.8 Å². The van der Waals surface area contributed by atoms with E-state index >= 15 is 0 Å². The number of anilines is 1. The number of aryl methyl sites for hydroxylation is 1. The summed E-state index contributed by atoms with van der Waals surface area (Å²) in [6.07, 6.45) is 0.232. The first-order valence-electron chi connectivity index (χ1n) is 9.40. The maximum atomic E-state index is 12.7. The zero-order chi connectivity index (χ0) is 20.8. The first kappa shape index (κ1) is 20.9. The summed E-state index contributed by atoms with van der Waals surface area (Å²) < 4.78 is 5.11. The van der Waals surface area contributed by atoms with Crippen LogP contribution in [0.5, 0.6) is 5.75 Å². The van der Waals surface area contributed by atoms with Gasteiger partial charge < -0.3 is 15.0 Å². The van der Waals surface area contributed by atoms with Gasteiger partial charge in [0.15, 0.2) is 5.78 Å². The zero-order valence-electron chi connectivity index (χ0n) is 16.5. The normalized spacial score (nSPS) is 15.8. The molecule has 0 bridgehead atoms. The Morgan fingerprint density at radius 3 is 2.41 bits per heavy atom. The van der Waals surface area contributed by atoms with Gasteiger partial charge in [-0.15, -0.1) is 11.8 Å². The van der Waals surface area contributed by atoms with Crippen molar-refractivity contribution in [1.29, 1.82) is 0 Å². The van der Waals surface area contributed by atoms with Crippen LogP contribution in [0, 0.1) is 6.92 Å². The fourth-order valence-corrected chi connectivity index (χ4v) is 4.23. The highest BCUT2D eigenvalue weighted by molar-refractivity contribution is 7.99. The number of Topliss-reactive ketones (excluding diaryl/α,β-unsaturated/α-hetero) is 1. The average molecular weight is 413 g/mol. The minimum Gasteiger partial charge on any atom is -0.497 e. The third-order valence-corrected chi connectivity index (χ3v) is 5.81. The van der Waals surface area contributed by atoms with Crippen LogP contribution in [0.2, 0.25) is 0 Å². The van der Waals surface area contributed by atoms with E-state index in [1.807, 2.05) is 19.1 Å². The fourth-order valence-electron chi connectivity index (χ4n) is 3.05. The predicted molar refractivity (Wildman–Crippen MR) is 114 cm³/mol. The van der Waals surface area contributed by atoms with Gasteiger partial charge in [0.2, 0.25) is 11.8 Å². The molecule has 1 aliphatic rings. The molecule has 0 aromatic heterocycles. The van der Waals surface area contributed by atoms with Gasteiger partial charge in [-0.2, -0.15) is 0 Å². The first-order valence-corrected chi connectivity index (χ1v) is 10.6. The second kappa shape index (κ2) is 9.60. The van der Waals surface area contributed by atoms with Crippen molar-refractivity contribution in [2.24, 2.45) is 0 Å². The summed E-state index contributed by atoms with van der Waals surface area (Å²) in [4.78, 5) is 39.2. The monoisotopic (exact) mass is 412 g/mol. The number of nitrogens with one attached hydrogen (secondary N) is 1. The number of rotatable bonds is 7. The Labute approximate surface area is 174 Å². The Morgan fingerprint density at radius 2 is 1.76 bits per heavy atom. The highest BCUT2D eigenvalue weighted by atomic mass is 32.2. The van der Waals surface area contributed by atoms with Crippen molar-refractivity contribution in [3.63, 3.8) is 0 Å². The lowest BCUT2D eigenvalue weighted by Gasteiger charge is -2.23. The van der Waals surface area contributed by atoms with Crippen LogP contribution in [0.4, 0.5) is 5.69 Å². The Hall–Kier alpha value is -2.80. The van der Waals surface area contributed by atoms with Gasteiger partial charge in [-0.05, 0) is 31.2 Å². The SMILES string of the molecule is COc1ccc(NC(=O)C2CSCN2C(=O)CCC(=O)c2ccc(C)cc2)cc1. The Morgan fingerprint density at radius 1 is 1.07 bits per heavy atom. The van der Waals surface area contributed by atoms with Gasteiger partial charge in [0.1, 0.15) is 11.8 Å². The molecular weight excluding hydrogens is 388 g/mol. The fraction of sp³-hybridized carbons (Fsp3) is 0.318. The lowest BCUT2D eigenvalue weighted by molar-refractivity contribution is -0.136. The van der Waals surface area contributed by atoms with E-state index in [-0.39, 0.29) is 30.4 Å². The summed E-state index contributed by atoms with van der Waals surface area (Å²) >= 11 is 1.54.